The molecule has 4 rings (SSSR count). The van der Waals surface area contributed by atoms with Crippen molar-refractivity contribution in [3.8, 4) is 11.5 Å². The molecule has 3 aliphatic heterocycles. The molecule has 1 aromatic carbocycles. The second kappa shape index (κ2) is 10.1. The van der Waals surface area contributed by atoms with Gasteiger partial charge in [-0.25, -0.2) is 0 Å². The predicted octanol–water partition coefficient (Wildman–Crippen LogP) is 2.70. The normalized spacial score (nSPS) is 23.0. The highest BCUT2D eigenvalue weighted by molar-refractivity contribution is 5.43. The maximum absolute atomic E-state index is 10.3. The van der Waals surface area contributed by atoms with Gasteiger partial charge >= 0.3 is 0 Å². The van der Waals surface area contributed by atoms with E-state index in [9.17, 15) is 5.11 Å². The van der Waals surface area contributed by atoms with Crippen LogP contribution < -0.4 is 9.47 Å². The maximum Gasteiger partial charge on any atom is 0.161 e. The number of benzene rings is 1. The van der Waals surface area contributed by atoms with Crippen LogP contribution in [-0.4, -0.2) is 80.7 Å². The van der Waals surface area contributed by atoms with Gasteiger partial charge in [-0.1, -0.05) is 18.2 Å². The smallest absolute Gasteiger partial charge is 0.161 e. The molecular weight excluding hydrogens is 380 g/mol. The quantitative estimate of drug-likeness (QED) is 0.658. The molecule has 0 aromatic heterocycles. The van der Waals surface area contributed by atoms with Crippen molar-refractivity contribution in [2.45, 2.75) is 38.3 Å². The Morgan fingerprint density at radius 3 is 2.67 bits per heavy atom. The SMILES string of the molecule is COc1cc(CN2CCC3(CCOC3)CC2)ccc1OCC(O)CN1CC=CCC1. The topological polar surface area (TPSA) is 54.4 Å². The van der Waals surface area contributed by atoms with Crippen molar-refractivity contribution >= 4 is 0 Å². The van der Waals surface area contributed by atoms with E-state index in [1.165, 1.54) is 24.8 Å². The van der Waals surface area contributed by atoms with Crippen LogP contribution in [0.5, 0.6) is 11.5 Å². The number of aliphatic hydroxyl groups is 1. The van der Waals surface area contributed by atoms with E-state index in [1.807, 2.05) is 6.07 Å². The van der Waals surface area contributed by atoms with Gasteiger partial charge in [0.15, 0.2) is 11.5 Å². The van der Waals surface area contributed by atoms with Crippen LogP contribution in [0.25, 0.3) is 0 Å². The van der Waals surface area contributed by atoms with Gasteiger partial charge in [0.25, 0.3) is 0 Å². The zero-order valence-electron chi connectivity index (χ0n) is 18.2. The van der Waals surface area contributed by atoms with Gasteiger partial charge in [0.05, 0.1) is 13.7 Å². The van der Waals surface area contributed by atoms with Crippen LogP contribution in [0, 0.1) is 5.41 Å². The molecule has 3 heterocycles. The third kappa shape index (κ3) is 5.55. The Balaban J connectivity index is 1.26. The first-order valence-electron chi connectivity index (χ1n) is 11.3. The highest BCUT2D eigenvalue weighted by atomic mass is 16.5. The van der Waals surface area contributed by atoms with E-state index >= 15 is 0 Å². The van der Waals surface area contributed by atoms with E-state index in [0.717, 1.165) is 58.1 Å². The second-order valence-electron chi connectivity index (χ2n) is 9.05. The van der Waals surface area contributed by atoms with Gasteiger partial charge in [-0.2, -0.15) is 0 Å². The molecule has 1 N–H and O–H groups in total. The minimum atomic E-state index is -0.513. The average Bonchev–Trinajstić information content (AvgIpc) is 3.23. The number of β-amino-alcohol motifs (C(OH)–C–C–N with tert-alkyl or cyclic N) is 1. The first-order chi connectivity index (χ1) is 14.7. The van der Waals surface area contributed by atoms with Crippen LogP contribution in [0.3, 0.4) is 0 Å². The summed E-state index contributed by atoms with van der Waals surface area (Å²) in [5.74, 6) is 1.43. The highest BCUT2D eigenvalue weighted by Gasteiger charge is 2.37. The molecule has 1 atom stereocenters. The summed E-state index contributed by atoms with van der Waals surface area (Å²) in [5, 5.41) is 10.3. The number of nitrogens with zero attached hydrogens (tertiary/aromatic N) is 2. The fourth-order valence-corrected chi connectivity index (χ4v) is 4.81. The minimum Gasteiger partial charge on any atom is -0.493 e. The summed E-state index contributed by atoms with van der Waals surface area (Å²) < 4.78 is 17.1. The Hall–Kier alpha value is -1.60. The van der Waals surface area contributed by atoms with Crippen molar-refractivity contribution < 1.29 is 19.3 Å². The van der Waals surface area contributed by atoms with Gasteiger partial charge in [-0.3, -0.25) is 9.80 Å². The highest BCUT2D eigenvalue weighted by Crippen LogP contribution is 2.39. The molecule has 1 unspecified atom stereocenters. The molecule has 2 saturated heterocycles. The van der Waals surface area contributed by atoms with Crippen LogP contribution in [0.1, 0.15) is 31.2 Å². The van der Waals surface area contributed by atoms with E-state index in [0.29, 0.717) is 17.7 Å². The standard InChI is InChI=1S/C24H36N2O4/c1-28-23-15-20(16-26-12-7-24(8-13-26)9-14-29-19-24)5-6-22(23)30-18-21(27)17-25-10-3-2-4-11-25/h2-3,5-6,15,21,27H,4,7-14,16-19H2,1H3. The fraction of sp³-hybridized carbons (Fsp3) is 0.667. The number of hydrogen-bond acceptors (Lipinski definition) is 6. The van der Waals surface area contributed by atoms with Crippen molar-refractivity contribution in [1.82, 2.24) is 9.80 Å². The summed E-state index contributed by atoms with van der Waals surface area (Å²) in [6.45, 7) is 7.86. The molecule has 3 aliphatic rings. The first kappa shape index (κ1) is 21.6. The zero-order chi connectivity index (χ0) is 20.8. The summed E-state index contributed by atoms with van der Waals surface area (Å²) in [7, 11) is 1.67. The summed E-state index contributed by atoms with van der Waals surface area (Å²) in [6, 6.07) is 6.16. The molecule has 1 spiro atoms. The van der Waals surface area contributed by atoms with Crippen LogP contribution in [-0.2, 0) is 11.3 Å². The van der Waals surface area contributed by atoms with Crippen LogP contribution in [0.4, 0.5) is 0 Å². The van der Waals surface area contributed by atoms with Crippen molar-refractivity contribution in [1.29, 1.82) is 0 Å². The minimum absolute atomic E-state index is 0.270. The monoisotopic (exact) mass is 416 g/mol. The molecular formula is C24H36N2O4. The van der Waals surface area contributed by atoms with Gasteiger partial charge in [0.2, 0.25) is 0 Å². The zero-order valence-corrected chi connectivity index (χ0v) is 18.2. The van der Waals surface area contributed by atoms with Crippen molar-refractivity contribution in [3.63, 3.8) is 0 Å². The molecule has 1 aromatic rings. The number of ether oxygens (including phenoxy) is 3. The van der Waals surface area contributed by atoms with E-state index in [4.69, 9.17) is 14.2 Å². The van der Waals surface area contributed by atoms with E-state index in [1.54, 1.807) is 7.11 Å². The van der Waals surface area contributed by atoms with Gasteiger partial charge in [0, 0.05) is 32.8 Å². The molecule has 0 saturated carbocycles. The van der Waals surface area contributed by atoms with Crippen molar-refractivity contribution in [3.05, 3.63) is 35.9 Å². The summed E-state index contributed by atoms with van der Waals surface area (Å²) in [4.78, 5) is 4.77. The van der Waals surface area contributed by atoms with Crippen molar-refractivity contribution in [2.75, 3.05) is 59.7 Å². The summed E-state index contributed by atoms with van der Waals surface area (Å²) >= 11 is 0. The number of hydrogen-bond donors (Lipinski definition) is 1. The molecule has 0 radical (unpaired) electrons. The second-order valence-corrected chi connectivity index (χ2v) is 9.05. The van der Waals surface area contributed by atoms with Crippen LogP contribution >= 0.6 is 0 Å². The Morgan fingerprint density at radius 1 is 1.10 bits per heavy atom. The van der Waals surface area contributed by atoms with E-state index in [2.05, 4.69) is 34.1 Å². The molecule has 2 fully saturated rings. The number of methoxy groups -OCH3 is 1. The lowest BCUT2D eigenvalue weighted by Crippen LogP contribution is -2.40. The van der Waals surface area contributed by atoms with Gasteiger partial charge in [-0.15, -0.1) is 0 Å². The molecule has 0 bridgehead atoms. The third-order valence-electron chi connectivity index (χ3n) is 6.78. The first-order valence-corrected chi connectivity index (χ1v) is 11.3. The molecule has 6 nitrogen and oxygen atoms in total. The summed E-state index contributed by atoms with van der Waals surface area (Å²) in [5.41, 5.74) is 1.68. The van der Waals surface area contributed by atoms with Gasteiger partial charge < -0.3 is 19.3 Å². The van der Waals surface area contributed by atoms with Crippen LogP contribution in [0.2, 0.25) is 0 Å². The maximum atomic E-state index is 10.3. The number of likely N-dealkylation sites (tertiary alicyclic amines) is 1. The summed E-state index contributed by atoms with van der Waals surface area (Å²) in [6.07, 6.45) is 8.57. The Kier molecular flexibility index (Phi) is 7.31. The average molecular weight is 417 g/mol. The Labute approximate surface area is 180 Å². The van der Waals surface area contributed by atoms with E-state index < -0.39 is 6.10 Å². The molecule has 0 amide bonds. The molecule has 30 heavy (non-hydrogen) atoms. The third-order valence-corrected chi connectivity index (χ3v) is 6.78. The lowest BCUT2D eigenvalue weighted by molar-refractivity contribution is 0.0701. The fourth-order valence-electron chi connectivity index (χ4n) is 4.81. The number of aliphatic hydroxyl groups excluding tert-OH is 1. The van der Waals surface area contributed by atoms with Gasteiger partial charge in [-0.05, 0) is 61.9 Å². The van der Waals surface area contributed by atoms with E-state index in [-0.39, 0.29) is 6.61 Å². The Morgan fingerprint density at radius 2 is 1.97 bits per heavy atom. The number of piperidine rings is 1. The van der Waals surface area contributed by atoms with Crippen LogP contribution in [0.15, 0.2) is 30.4 Å². The molecule has 6 heteroatoms. The molecule has 166 valence electrons. The van der Waals surface area contributed by atoms with Crippen molar-refractivity contribution in [2.24, 2.45) is 5.41 Å². The largest absolute Gasteiger partial charge is 0.493 e. The Bertz CT molecular complexity index is 707. The van der Waals surface area contributed by atoms with Gasteiger partial charge in [0.1, 0.15) is 12.7 Å². The predicted molar refractivity (Wildman–Crippen MR) is 117 cm³/mol. The molecule has 0 aliphatic carbocycles. The number of rotatable bonds is 8. The lowest BCUT2D eigenvalue weighted by atomic mass is 9.78. The lowest BCUT2D eigenvalue weighted by Gasteiger charge is -2.38.